The van der Waals surface area contributed by atoms with Gasteiger partial charge in [-0.1, -0.05) is 22.7 Å². The third kappa shape index (κ3) is 4.03. The molecule has 0 atom stereocenters. The average molecular weight is 409 g/mol. The van der Waals surface area contributed by atoms with Crippen LogP contribution in [0.1, 0.15) is 0 Å². The quantitative estimate of drug-likeness (QED) is 0.568. The number of benzene rings is 1. The molecular weight excluding hydrogens is 390 g/mol. The second-order valence-electron chi connectivity index (χ2n) is 5.71. The third-order valence-corrected chi connectivity index (χ3v) is 5.61. The fraction of sp³-hybridized carbons (Fsp3) is 0.375. The minimum absolute atomic E-state index is 0.0574. The third-order valence-electron chi connectivity index (χ3n) is 3.69. The molecule has 0 unspecified atom stereocenters. The molecule has 9 nitrogen and oxygen atoms in total. The predicted octanol–water partition coefficient (Wildman–Crippen LogP) is 2.14. The molecule has 0 aliphatic rings. The summed E-state index contributed by atoms with van der Waals surface area (Å²) < 4.78 is 11.2. The van der Waals surface area contributed by atoms with Gasteiger partial charge in [0.25, 0.3) is 0 Å². The standard InChI is InChI=1S/C16H19N5O4S2/c1-21(2)14-12-8(26-15(19-12)17-6-10(22)24-3)5-9-13(14)20-16(27-9)18-7-11(23)25-4/h5H,6-7H2,1-4H3,(H,17,19)(H,18,20). The first kappa shape index (κ1) is 19.1. The van der Waals surface area contributed by atoms with Gasteiger partial charge in [-0.15, -0.1) is 0 Å². The molecule has 0 amide bonds. The van der Waals surface area contributed by atoms with E-state index >= 15 is 0 Å². The molecule has 0 radical (unpaired) electrons. The highest BCUT2D eigenvalue weighted by atomic mass is 32.1. The van der Waals surface area contributed by atoms with E-state index in [1.165, 1.54) is 36.9 Å². The summed E-state index contributed by atoms with van der Waals surface area (Å²) in [7, 11) is 6.54. The number of carbonyl (C=O) groups excluding carboxylic acids is 2. The highest BCUT2D eigenvalue weighted by molar-refractivity contribution is 7.24. The number of fused-ring (bicyclic) bond motifs is 2. The van der Waals surface area contributed by atoms with Crippen molar-refractivity contribution in [2.75, 3.05) is 56.9 Å². The Morgan fingerprint density at radius 2 is 1.41 bits per heavy atom. The van der Waals surface area contributed by atoms with E-state index in [9.17, 15) is 9.59 Å². The number of ether oxygens (including phenoxy) is 2. The molecule has 2 heterocycles. The van der Waals surface area contributed by atoms with Crippen molar-refractivity contribution < 1.29 is 19.1 Å². The molecule has 0 spiro atoms. The van der Waals surface area contributed by atoms with Crippen molar-refractivity contribution in [3.05, 3.63) is 6.07 Å². The molecule has 0 aliphatic carbocycles. The van der Waals surface area contributed by atoms with Gasteiger partial charge in [0, 0.05) is 14.1 Å². The topological polar surface area (TPSA) is 106 Å². The van der Waals surface area contributed by atoms with Gasteiger partial charge in [-0.25, -0.2) is 9.97 Å². The number of hydrogen-bond donors (Lipinski definition) is 2. The number of thiazole rings is 2. The number of esters is 2. The lowest BCUT2D eigenvalue weighted by Gasteiger charge is -2.13. The van der Waals surface area contributed by atoms with E-state index in [4.69, 9.17) is 0 Å². The lowest BCUT2D eigenvalue weighted by molar-refractivity contribution is -0.139. The summed E-state index contributed by atoms with van der Waals surface area (Å²) in [5.41, 5.74) is 2.48. The number of methoxy groups -OCH3 is 2. The molecule has 11 heteroatoms. The summed E-state index contributed by atoms with van der Waals surface area (Å²) in [6.07, 6.45) is 0. The van der Waals surface area contributed by atoms with Gasteiger partial charge in [-0.3, -0.25) is 9.59 Å². The number of rotatable bonds is 7. The van der Waals surface area contributed by atoms with Crippen LogP contribution in [0.2, 0.25) is 0 Å². The summed E-state index contributed by atoms with van der Waals surface area (Å²) in [6.45, 7) is 0.115. The Balaban J connectivity index is 1.98. The highest BCUT2D eigenvalue weighted by Gasteiger charge is 2.18. The lowest BCUT2D eigenvalue weighted by Crippen LogP contribution is -2.15. The smallest absolute Gasteiger partial charge is 0.325 e. The summed E-state index contributed by atoms with van der Waals surface area (Å²) >= 11 is 2.91. The van der Waals surface area contributed by atoms with Crippen molar-refractivity contribution in [3.63, 3.8) is 0 Å². The Morgan fingerprint density at radius 3 is 1.78 bits per heavy atom. The normalized spacial score (nSPS) is 10.8. The first-order chi connectivity index (χ1) is 12.9. The van der Waals surface area contributed by atoms with Gasteiger partial charge in [-0.05, 0) is 6.07 Å². The maximum atomic E-state index is 11.3. The van der Waals surface area contributed by atoms with Gasteiger partial charge >= 0.3 is 11.9 Å². The lowest BCUT2D eigenvalue weighted by atomic mass is 10.2. The number of anilines is 3. The first-order valence-corrected chi connectivity index (χ1v) is 9.59. The van der Waals surface area contributed by atoms with Gasteiger partial charge in [0.2, 0.25) is 0 Å². The van der Waals surface area contributed by atoms with E-state index in [1.54, 1.807) is 0 Å². The van der Waals surface area contributed by atoms with Crippen LogP contribution in [0.15, 0.2) is 6.07 Å². The van der Waals surface area contributed by atoms with Crippen LogP contribution in [0.5, 0.6) is 0 Å². The molecule has 144 valence electrons. The Hall–Kier alpha value is -2.66. The Bertz CT molecular complexity index is 925. The van der Waals surface area contributed by atoms with Gasteiger partial charge in [0.15, 0.2) is 10.3 Å². The van der Waals surface area contributed by atoms with E-state index in [-0.39, 0.29) is 25.0 Å². The maximum Gasteiger partial charge on any atom is 0.325 e. The maximum absolute atomic E-state index is 11.3. The molecule has 0 saturated heterocycles. The van der Waals surface area contributed by atoms with Gasteiger partial charge < -0.3 is 25.0 Å². The molecule has 27 heavy (non-hydrogen) atoms. The van der Waals surface area contributed by atoms with Crippen molar-refractivity contribution >= 4 is 71.0 Å². The molecule has 0 aliphatic heterocycles. The molecule has 0 saturated carbocycles. The summed E-state index contributed by atoms with van der Waals surface area (Å²) in [6, 6.07) is 2.01. The molecule has 1 aromatic carbocycles. The van der Waals surface area contributed by atoms with Crippen molar-refractivity contribution in [1.82, 2.24) is 9.97 Å². The minimum Gasteiger partial charge on any atom is -0.468 e. The number of aromatic nitrogens is 2. The minimum atomic E-state index is -0.355. The zero-order valence-corrected chi connectivity index (χ0v) is 16.9. The van der Waals surface area contributed by atoms with Gasteiger partial charge in [-0.2, -0.15) is 0 Å². The molecule has 2 aromatic heterocycles. The van der Waals surface area contributed by atoms with Crippen LogP contribution in [-0.4, -0.2) is 63.3 Å². The van der Waals surface area contributed by atoms with Crippen LogP contribution in [-0.2, 0) is 19.1 Å². The Morgan fingerprint density at radius 1 is 0.963 bits per heavy atom. The van der Waals surface area contributed by atoms with Crippen molar-refractivity contribution in [2.24, 2.45) is 0 Å². The molecule has 3 rings (SSSR count). The number of nitrogens with one attached hydrogen (secondary N) is 2. The van der Waals surface area contributed by atoms with E-state index in [0.29, 0.717) is 10.3 Å². The van der Waals surface area contributed by atoms with Crippen molar-refractivity contribution in [1.29, 1.82) is 0 Å². The zero-order valence-electron chi connectivity index (χ0n) is 15.3. The zero-order chi connectivity index (χ0) is 19.6. The van der Waals surface area contributed by atoms with Crippen LogP contribution in [0.4, 0.5) is 16.0 Å². The van der Waals surface area contributed by atoms with Crippen LogP contribution >= 0.6 is 22.7 Å². The van der Waals surface area contributed by atoms with E-state index < -0.39 is 0 Å². The predicted molar refractivity (Wildman–Crippen MR) is 108 cm³/mol. The van der Waals surface area contributed by atoms with E-state index in [1.807, 2.05) is 25.1 Å². The molecular formula is C16H19N5O4S2. The summed E-state index contributed by atoms with van der Waals surface area (Å²) in [5.74, 6) is -0.711. The summed E-state index contributed by atoms with van der Waals surface area (Å²) in [4.78, 5) is 33.8. The largest absolute Gasteiger partial charge is 0.468 e. The van der Waals surface area contributed by atoms with Crippen molar-refractivity contribution in [3.8, 4) is 0 Å². The second kappa shape index (κ2) is 7.92. The van der Waals surface area contributed by atoms with E-state index in [2.05, 4.69) is 30.1 Å². The Kier molecular flexibility index (Phi) is 5.61. The molecule has 2 N–H and O–H groups in total. The fourth-order valence-electron chi connectivity index (χ4n) is 2.44. The Labute approximate surface area is 163 Å². The summed E-state index contributed by atoms with van der Waals surface area (Å²) in [5, 5.41) is 7.24. The van der Waals surface area contributed by atoms with Crippen LogP contribution in [0, 0.1) is 0 Å². The molecule has 3 aromatic rings. The molecule has 0 bridgehead atoms. The van der Waals surface area contributed by atoms with Gasteiger partial charge in [0.1, 0.15) is 24.1 Å². The molecule has 0 fully saturated rings. The van der Waals surface area contributed by atoms with Gasteiger partial charge in [0.05, 0.1) is 29.3 Å². The number of nitrogens with zero attached hydrogens (tertiary/aromatic N) is 3. The highest BCUT2D eigenvalue weighted by Crippen LogP contribution is 2.41. The number of hydrogen-bond acceptors (Lipinski definition) is 11. The monoisotopic (exact) mass is 409 g/mol. The SMILES string of the molecule is COC(=O)CNc1nc2c(N(C)C)c3nc(NCC(=O)OC)sc3cc2s1. The fourth-order valence-corrected chi connectivity index (χ4v) is 4.33. The first-order valence-electron chi connectivity index (χ1n) is 7.95. The average Bonchev–Trinajstić information content (AvgIpc) is 3.24. The van der Waals surface area contributed by atoms with Crippen LogP contribution in [0.25, 0.3) is 20.4 Å². The number of carbonyl (C=O) groups is 2. The van der Waals surface area contributed by atoms with Crippen LogP contribution in [0.3, 0.4) is 0 Å². The second-order valence-corrected chi connectivity index (χ2v) is 7.77. The van der Waals surface area contributed by atoms with E-state index in [0.717, 1.165) is 26.1 Å². The van der Waals surface area contributed by atoms with Crippen LogP contribution < -0.4 is 15.5 Å². The van der Waals surface area contributed by atoms with Crippen molar-refractivity contribution in [2.45, 2.75) is 0 Å².